The molecule has 0 radical (unpaired) electrons. The number of carbonyl (C=O) groups excluding carboxylic acids is 1. The van der Waals surface area contributed by atoms with Gasteiger partial charge in [0.2, 0.25) is 0 Å². The van der Waals surface area contributed by atoms with E-state index in [1.54, 1.807) is 0 Å². The highest BCUT2D eigenvalue weighted by molar-refractivity contribution is 7.12. The maximum Gasteiger partial charge on any atom is 0.261 e. The SMILES string of the molecule is O=C(N[C@@H]1COC2(CCN(Cc3ccccn3)CC2)C1)c1cccs1. The topological polar surface area (TPSA) is 54.5 Å². The van der Waals surface area contributed by atoms with Crippen LogP contribution < -0.4 is 5.32 Å². The molecule has 2 fully saturated rings. The monoisotopic (exact) mass is 357 g/mol. The van der Waals surface area contributed by atoms with Crippen molar-refractivity contribution >= 4 is 17.2 Å². The maximum atomic E-state index is 12.2. The molecule has 0 aliphatic carbocycles. The number of hydrogen-bond acceptors (Lipinski definition) is 5. The first kappa shape index (κ1) is 16.7. The molecule has 2 aromatic rings. The van der Waals surface area contributed by atoms with Gasteiger partial charge in [-0.25, -0.2) is 0 Å². The Morgan fingerprint density at radius 3 is 2.92 bits per heavy atom. The van der Waals surface area contributed by atoms with E-state index in [-0.39, 0.29) is 17.6 Å². The zero-order chi connectivity index (χ0) is 17.1. The number of nitrogens with one attached hydrogen (secondary N) is 1. The molecule has 0 bridgehead atoms. The summed E-state index contributed by atoms with van der Waals surface area (Å²) >= 11 is 1.48. The molecule has 6 heteroatoms. The third-order valence-electron chi connectivity index (χ3n) is 5.17. The Balaban J connectivity index is 1.28. The highest BCUT2D eigenvalue weighted by atomic mass is 32.1. The molecule has 2 aromatic heterocycles. The minimum Gasteiger partial charge on any atom is -0.373 e. The fraction of sp³-hybridized carbons (Fsp3) is 0.474. The Morgan fingerprint density at radius 2 is 2.20 bits per heavy atom. The van der Waals surface area contributed by atoms with Crippen molar-refractivity contribution < 1.29 is 9.53 Å². The quantitative estimate of drug-likeness (QED) is 0.914. The predicted octanol–water partition coefficient (Wildman–Crippen LogP) is 2.70. The van der Waals surface area contributed by atoms with E-state index < -0.39 is 0 Å². The van der Waals surface area contributed by atoms with Gasteiger partial charge in [0.15, 0.2) is 0 Å². The fourth-order valence-electron chi connectivity index (χ4n) is 3.79. The number of carbonyl (C=O) groups is 1. The van der Waals surface area contributed by atoms with Crippen molar-refractivity contribution in [3.8, 4) is 0 Å². The first-order valence-electron chi connectivity index (χ1n) is 8.83. The zero-order valence-corrected chi connectivity index (χ0v) is 15.0. The molecule has 0 saturated carbocycles. The number of piperidine rings is 1. The first-order valence-corrected chi connectivity index (χ1v) is 9.71. The summed E-state index contributed by atoms with van der Waals surface area (Å²) in [7, 11) is 0. The highest BCUT2D eigenvalue weighted by Gasteiger charge is 2.43. The molecule has 1 spiro atoms. The lowest BCUT2D eigenvalue weighted by Crippen LogP contribution is -2.44. The standard InChI is InChI=1S/C19H23N3O2S/c23-18(17-5-3-11-25-17)21-16-12-19(24-14-16)6-9-22(10-7-19)13-15-4-1-2-8-20-15/h1-5,8,11,16H,6-7,9-10,12-14H2,(H,21,23)/t16-/m0/s1. The minimum absolute atomic E-state index is 0.0215. The average molecular weight is 357 g/mol. The summed E-state index contributed by atoms with van der Waals surface area (Å²) in [5.41, 5.74) is 1.06. The van der Waals surface area contributed by atoms with Crippen LogP contribution in [-0.4, -0.2) is 47.1 Å². The molecule has 25 heavy (non-hydrogen) atoms. The summed E-state index contributed by atoms with van der Waals surface area (Å²) in [6.45, 7) is 3.55. The maximum absolute atomic E-state index is 12.2. The molecule has 0 aromatic carbocycles. The van der Waals surface area contributed by atoms with Crippen LogP contribution in [0.2, 0.25) is 0 Å². The number of rotatable bonds is 4. The van der Waals surface area contributed by atoms with Gasteiger partial charge in [-0.2, -0.15) is 0 Å². The minimum atomic E-state index is -0.0615. The van der Waals surface area contributed by atoms with Crippen LogP contribution >= 0.6 is 11.3 Å². The lowest BCUT2D eigenvalue weighted by atomic mass is 9.87. The molecule has 2 aliphatic rings. The van der Waals surface area contributed by atoms with Gasteiger partial charge in [0.1, 0.15) is 0 Å². The molecule has 1 amide bonds. The van der Waals surface area contributed by atoms with E-state index in [9.17, 15) is 4.79 Å². The Bertz CT molecular complexity index is 697. The second-order valence-electron chi connectivity index (χ2n) is 6.94. The van der Waals surface area contributed by atoms with Crippen LogP contribution in [0.4, 0.5) is 0 Å². The number of likely N-dealkylation sites (tertiary alicyclic amines) is 1. The molecule has 132 valence electrons. The van der Waals surface area contributed by atoms with Crippen LogP contribution in [-0.2, 0) is 11.3 Å². The third-order valence-corrected chi connectivity index (χ3v) is 6.04. The van der Waals surface area contributed by atoms with E-state index >= 15 is 0 Å². The molecule has 2 aliphatic heterocycles. The van der Waals surface area contributed by atoms with Crippen molar-refractivity contribution in [1.29, 1.82) is 0 Å². The zero-order valence-electron chi connectivity index (χ0n) is 14.2. The van der Waals surface area contributed by atoms with Crippen molar-refractivity contribution in [2.24, 2.45) is 0 Å². The first-order chi connectivity index (χ1) is 12.2. The highest BCUT2D eigenvalue weighted by Crippen LogP contribution is 2.36. The van der Waals surface area contributed by atoms with Gasteiger partial charge in [-0.3, -0.25) is 14.7 Å². The fourth-order valence-corrected chi connectivity index (χ4v) is 4.42. The molecule has 1 atom stereocenters. The van der Waals surface area contributed by atoms with Crippen LogP contribution in [0.25, 0.3) is 0 Å². The lowest BCUT2D eigenvalue weighted by molar-refractivity contribution is -0.0451. The Hall–Kier alpha value is -1.76. The van der Waals surface area contributed by atoms with Crippen molar-refractivity contribution in [1.82, 2.24) is 15.2 Å². The third kappa shape index (κ3) is 3.92. The molecule has 5 nitrogen and oxygen atoms in total. The average Bonchev–Trinajstić information content (AvgIpc) is 3.29. The van der Waals surface area contributed by atoms with Gasteiger partial charge in [-0.1, -0.05) is 12.1 Å². The summed E-state index contributed by atoms with van der Waals surface area (Å²) in [5.74, 6) is 0.0215. The van der Waals surface area contributed by atoms with E-state index in [0.717, 1.165) is 49.5 Å². The van der Waals surface area contributed by atoms with Gasteiger partial charge >= 0.3 is 0 Å². The largest absolute Gasteiger partial charge is 0.373 e. The number of hydrogen-bond donors (Lipinski definition) is 1. The van der Waals surface area contributed by atoms with E-state index in [1.165, 1.54) is 11.3 Å². The van der Waals surface area contributed by atoms with Crippen LogP contribution in [0, 0.1) is 0 Å². The summed E-state index contributed by atoms with van der Waals surface area (Å²) in [6.07, 6.45) is 4.81. The van der Waals surface area contributed by atoms with Gasteiger partial charge < -0.3 is 10.1 Å². The van der Waals surface area contributed by atoms with Gasteiger partial charge in [0, 0.05) is 25.8 Å². The van der Waals surface area contributed by atoms with Gasteiger partial charge in [-0.05, 0) is 42.8 Å². The second-order valence-corrected chi connectivity index (χ2v) is 7.89. The Morgan fingerprint density at radius 1 is 1.32 bits per heavy atom. The number of aromatic nitrogens is 1. The number of pyridine rings is 1. The Kier molecular flexibility index (Phi) is 4.83. The number of nitrogens with zero attached hydrogens (tertiary/aromatic N) is 2. The summed E-state index contributed by atoms with van der Waals surface area (Å²) < 4.78 is 6.16. The van der Waals surface area contributed by atoms with Crippen LogP contribution in [0.1, 0.15) is 34.6 Å². The van der Waals surface area contributed by atoms with E-state index in [4.69, 9.17) is 4.74 Å². The van der Waals surface area contributed by atoms with Crippen molar-refractivity contribution in [3.05, 3.63) is 52.5 Å². The van der Waals surface area contributed by atoms with Crippen LogP contribution in [0.15, 0.2) is 41.9 Å². The molecule has 1 N–H and O–H groups in total. The molecule has 4 rings (SSSR count). The molecular weight excluding hydrogens is 334 g/mol. The smallest absolute Gasteiger partial charge is 0.261 e. The van der Waals surface area contributed by atoms with E-state index in [2.05, 4.69) is 21.3 Å². The molecule has 4 heterocycles. The van der Waals surface area contributed by atoms with E-state index in [1.807, 2.05) is 35.8 Å². The molecule has 0 unspecified atom stereocenters. The van der Waals surface area contributed by atoms with Crippen molar-refractivity contribution in [3.63, 3.8) is 0 Å². The van der Waals surface area contributed by atoms with Gasteiger partial charge in [0.25, 0.3) is 5.91 Å². The van der Waals surface area contributed by atoms with Crippen LogP contribution in [0.3, 0.4) is 0 Å². The number of amides is 1. The van der Waals surface area contributed by atoms with Gasteiger partial charge in [0.05, 0.1) is 28.8 Å². The normalized spacial score (nSPS) is 23.0. The molecular formula is C19H23N3O2S. The van der Waals surface area contributed by atoms with Gasteiger partial charge in [-0.15, -0.1) is 11.3 Å². The summed E-state index contributed by atoms with van der Waals surface area (Å²) in [5, 5.41) is 5.06. The molecule has 2 saturated heterocycles. The predicted molar refractivity (Wildman–Crippen MR) is 97.6 cm³/mol. The second kappa shape index (κ2) is 7.23. The number of ether oxygens (including phenoxy) is 1. The Labute approximate surface area is 152 Å². The van der Waals surface area contributed by atoms with Crippen molar-refractivity contribution in [2.75, 3.05) is 19.7 Å². The summed E-state index contributed by atoms with van der Waals surface area (Å²) in [6, 6.07) is 9.95. The van der Waals surface area contributed by atoms with Crippen molar-refractivity contribution in [2.45, 2.75) is 37.5 Å². The number of thiophene rings is 1. The van der Waals surface area contributed by atoms with Crippen LogP contribution in [0.5, 0.6) is 0 Å². The summed E-state index contributed by atoms with van der Waals surface area (Å²) in [4.78, 5) is 19.8. The van der Waals surface area contributed by atoms with E-state index in [0.29, 0.717) is 6.61 Å². The lowest BCUT2D eigenvalue weighted by Gasteiger charge is -2.38.